The number of azo groups is 1. The lowest BCUT2D eigenvalue weighted by molar-refractivity contribution is -0.156. The predicted molar refractivity (Wildman–Crippen MR) is 75.7 cm³/mol. The van der Waals surface area contributed by atoms with Gasteiger partial charge in [-0.05, 0) is 38.1 Å². The number of carbonyl (C=O) groups excluding carboxylic acids is 2. The Morgan fingerprint density at radius 3 is 2.05 bits per heavy atom. The maximum absolute atomic E-state index is 11.7. The van der Waals surface area contributed by atoms with Gasteiger partial charge in [0.05, 0.1) is 18.9 Å². The van der Waals surface area contributed by atoms with Gasteiger partial charge < -0.3 is 9.47 Å². The summed E-state index contributed by atoms with van der Waals surface area (Å²) in [6.07, 6.45) is 0. The fourth-order valence-corrected chi connectivity index (χ4v) is 1.53. The summed E-state index contributed by atoms with van der Waals surface area (Å²) in [5, 5.41) is 7.58. The van der Waals surface area contributed by atoms with Crippen molar-refractivity contribution in [3.8, 4) is 0 Å². The lowest BCUT2D eigenvalue weighted by Gasteiger charge is -2.09. The van der Waals surface area contributed by atoms with Crippen LogP contribution in [0.4, 0.5) is 5.69 Å². The van der Waals surface area contributed by atoms with E-state index in [1.54, 1.807) is 38.1 Å². The number of halogens is 1. The van der Waals surface area contributed by atoms with Crippen LogP contribution in [0.3, 0.4) is 0 Å². The molecule has 0 spiro atoms. The first kappa shape index (κ1) is 16.3. The summed E-state index contributed by atoms with van der Waals surface area (Å²) < 4.78 is 10.4. The second-order valence-corrected chi connectivity index (χ2v) is 4.51. The topological polar surface area (TPSA) is 77.3 Å². The van der Waals surface area contributed by atoms with Crippen molar-refractivity contribution in [3.05, 3.63) is 28.7 Å². The molecule has 0 heterocycles. The van der Waals surface area contributed by atoms with Gasteiger partial charge in [0.1, 0.15) is 0 Å². The lowest BCUT2D eigenvalue weighted by Crippen LogP contribution is -2.31. The third kappa shape index (κ3) is 5.08. The molecule has 6 nitrogen and oxygen atoms in total. The number of hydrogen-bond acceptors (Lipinski definition) is 6. The Morgan fingerprint density at radius 1 is 1.10 bits per heavy atom. The summed E-state index contributed by atoms with van der Waals surface area (Å²) in [6, 6.07) is 5.55. The predicted octanol–water partition coefficient (Wildman–Crippen LogP) is 3.03. The van der Waals surface area contributed by atoms with Crippen molar-refractivity contribution in [2.75, 3.05) is 13.2 Å². The smallest absolute Gasteiger partial charge is 0.344 e. The normalized spacial score (nSPS) is 10.8. The molecule has 0 atom stereocenters. The summed E-state index contributed by atoms with van der Waals surface area (Å²) in [4.78, 5) is 23.3. The number of esters is 2. The van der Waals surface area contributed by atoms with E-state index in [-0.39, 0.29) is 13.2 Å². The quantitative estimate of drug-likeness (QED) is 0.452. The zero-order valence-corrected chi connectivity index (χ0v) is 12.8. The fourth-order valence-electron chi connectivity index (χ4n) is 1.27. The Kier molecular flexibility index (Phi) is 6.86. The highest BCUT2D eigenvalue weighted by molar-refractivity contribution is 9.10. The fraction of sp³-hybridized carbons (Fsp3) is 0.385. The van der Waals surface area contributed by atoms with Gasteiger partial charge in [0.15, 0.2) is 0 Å². The van der Waals surface area contributed by atoms with Crippen molar-refractivity contribution in [2.24, 2.45) is 10.2 Å². The maximum atomic E-state index is 11.7. The van der Waals surface area contributed by atoms with E-state index in [1.165, 1.54) is 0 Å². The molecule has 0 aromatic heterocycles. The third-order valence-corrected chi connectivity index (χ3v) is 2.66. The highest BCUT2D eigenvalue weighted by Crippen LogP contribution is 2.17. The Morgan fingerprint density at radius 2 is 1.60 bits per heavy atom. The second kappa shape index (κ2) is 8.42. The lowest BCUT2D eigenvalue weighted by atomic mass is 10.3. The van der Waals surface area contributed by atoms with Crippen molar-refractivity contribution in [1.29, 1.82) is 0 Å². The Hall–Kier alpha value is -1.76. The molecule has 0 amide bonds. The van der Waals surface area contributed by atoms with Gasteiger partial charge in [-0.25, -0.2) is 9.59 Å². The van der Waals surface area contributed by atoms with Gasteiger partial charge in [-0.3, -0.25) is 0 Å². The summed E-state index contributed by atoms with van der Waals surface area (Å²) in [5.41, 5.74) is 0.520. The zero-order chi connectivity index (χ0) is 15.0. The molecule has 0 aliphatic rings. The zero-order valence-electron chi connectivity index (χ0n) is 11.2. The molecule has 1 aromatic rings. The highest BCUT2D eigenvalue weighted by Gasteiger charge is 2.29. The molecular weight excluding hydrogens is 328 g/mol. The monoisotopic (exact) mass is 342 g/mol. The largest absolute Gasteiger partial charge is 0.464 e. The van der Waals surface area contributed by atoms with Crippen molar-refractivity contribution in [1.82, 2.24) is 0 Å². The Labute approximate surface area is 125 Å². The number of rotatable bonds is 6. The summed E-state index contributed by atoms with van der Waals surface area (Å²) >= 11 is 3.29. The molecule has 20 heavy (non-hydrogen) atoms. The van der Waals surface area contributed by atoms with Crippen LogP contribution in [0.5, 0.6) is 0 Å². The van der Waals surface area contributed by atoms with Crippen LogP contribution in [0.1, 0.15) is 13.8 Å². The van der Waals surface area contributed by atoms with E-state index in [0.29, 0.717) is 5.69 Å². The molecule has 0 saturated heterocycles. The van der Waals surface area contributed by atoms with Crippen LogP contribution in [0, 0.1) is 0 Å². The Bertz CT molecular complexity index is 470. The molecule has 0 N–H and O–H groups in total. The van der Waals surface area contributed by atoms with Gasteiger partial charge in [0, 0.05) is 4.47 Å². The van der Waals surface area contributed by atoms with Crippen LogP contribution < -0.4 is 0 Å². The van der Waals surface area contributed by atoms with Gasteiger partial charge in [0.2, 0.25) is 0 Å². The molecule has 7 heteroatoms. The molecular formula is C13H15BrN2O4. The standard InChI is InChI=1S/C13H15BrN2O4/c1-3-19-12(17)11(13(18)20-4-2)16-15-10-7-5-9(14)6-8-10/h5-8,11H,3-4H2,1-2H3. The van der Waals surface area contributed by atoms with Crippen LogP contribution in [0.15, 0.2) is 39.0 Å². The molecule has 0 fully saturated rings. The molecule has 0 saturated carbocycles. The molecule has 108 valence electrons. The highest BCUT2D eigenvalue weighted by atomic mass is 79.9. The van der Waals surface area contributed by atoms with E-state index in [0.717, 1.165) is 4.47 Å². The minimum absolute atomic E-state index is 0.155. The van der Waals surface area contributed by atoms with Crippen molar-refractivity contribution in [2.45, 2.75) is 19.9 Å². The first-order valence-electron chi connectivity index (χ1n) is 6.08. The number of ether oxygens (including phenoxy) is 2. The molecule has 0 aliphatic heterocycles. The SMILES string of the molecule is CCOC(=O)C(N=Nc1ccc(Br)cc1)C(=O)OCC. The minimum Gasteiger partial charge on any atom is -0.464 e. The first-order valence-corrected chi connectivity index (χ1v) is 6.87. The third-order valence-electron chi connectivity index (χ3n) is 2.14. The number of benzene rings is 1. The molecule has 0 unspecified atom stereocenters. The van der Waals surface area contributed by atoms with Gasteiger partial charge in [0.25, 0.3) is 6.04 Å². The van der Waals surface area contributed by atoms with E-state index >= 15 is 0 Å². The summed E-state index contributed by atoms with van der Waals surface area (Å²) in [5.74, 6) is -1.54. The second-order valence-electron chi connectivity index (χ2n) is 3.60. The van der Waals surface area contributed by atoms with E-state index in [1.807, 2.05) is 0 Å². The number of carbonyl (C=O) groups is 2. The molecule has 1 rings (SSSR count). The first-order chi connectivity index (χ1) is 9.58. The van der Waals surface area contributed by atoms with Crippen molar-refractivity contribution < 1.29 is 19.1 Å². The van der Waals surface area contributed by atoms with E-state index < -0.39 is 18.0 Å². The molecule has 0 bridgehead atoms. The van der Waals surface area contributed by atoms with Crippen LogP contribution >= 0.6 is 15.9 Å². The van der Waals surface area contributed by atoms with E-state index in [9.17, 15) is 9.59 Å². The van der Waals surface area contributed by atoms with Crippen molar-refractivity contribution >= 4 is 33.6 Å². The van der Waals surface area contributed by atoms with Crippen LogP contribution in [0.2, 0.25) is 0 Å². The van der Waals surface area contributed by atoms with Gasteiger partial charge >= 0.3 is 11.9 Å². The molecule has 0 radical (unpaired) electrons. The van der Waals surface area contributed by atoms with Gasteiger partial charge in [-0.15, -0.1) is 0 Å². The van der Waals surface area contributed by atoms with E-state index in [2.05, 4.69) is 26.2 Å². The average Bonchev–Trinajstić information content (AvgIpc) is 2.42. The molecule has 0 aliphatic carbocycles. The Balaban J connectivity index is 2.85. The van der Waals surface area contributed by atoms with E-state index in [4.69, 9.17) is 9.47 Å². The summed E-state index contributed by atoms with van der Waals surface area (Å²) in [6.45, 7) is 3.60. The van der Waals surface area contributed by atoms with Crippen molar-refractivity contribution in [3.63, 3.8) is 0 Å². The van der Waals surface area contributed by atoms with Crippen LogP contribution in [-0.4, -0.2) is 31.2 Å². The van der Waals surface area contributed by atoms with Crippen LogP contribution in [0.25, 0.3) is 0 Å². The van der Waals surface area contributed by atoms with Gasteiger partial charge in [-0.1, -0.05) is 15.9 Å². The average molecular weight is 343 g/mol. The number of nitrogens with zero attached hydrogens (tertiary/aromatic N) is 2. The van der Waals surface area contributed by atoms with Gasteiger partial charge in [-0.2, -0.15) is 10.2 Å². The minimum atomic E-state index is -1.39. The molecule has 1 aromatic carbocycles. The summed E-state index contributed by atoms with van der Waals surface area (Å²) in [7, 11) is 0. The maximum Gasteiger partial charge on any atom is 0.344 e. The van der Waals surface area contributed by atoms with Crippen LogP contribution in [-0.2, 0) is 19.1 Å². The number of hydrogen-bond donors (Lipinski definition) is 0.